The Labute approximate surface area is 136 Å². The van der Waals surface area contributed by atoms with E-state index in [1.807, 2.05) is 27.7 Å². The summed E-state index contributed by atoms with van der Waals surface area (Å²) in [6, 6.07) is 8.53. The minimum Gasteiger partial charge on any atom is -0.400 e. The van der Waals surface area contributed by atoms with Gasteiger partial charge in [0.05, 0.1) is 0 Å². The molecule has 0 bridgehead atoms. The molecule has 2 aromatic carbocycles. The molecule has 0 heterocycles. The van der Waals surface area contributed by atoms with E-state index in [0.29, 0.717) is 0 Å². The highest BCUT2D eigenvalue weighted by Gasteiger charge is 2.07. The molecule has 2 rings (SSSR count). The minimum absolute atomic E-state index is 0.877. The number of rotatable bonds is 2. The normalized spacial score (nSPS) is 10.0. The largest absolute Gasteiger partial charge is 0.662 e. The summed E-state index contributed by atoms with van der Waals surface area (Å²) in [7, 11) is -2.06. The third-order valence-electron chi connectivity index (χ3n) is 3.62. The van der Waals surface area contributed by atoms with Crippen molar-refractivity contribution in [2.24, 2.45) is 0 Å². The van der Waals surface area contributed by atoms with E-state index in [9.17, 15) is 0 Å². The summed E-state index contributed by atoms with van der Waals surface area (Å²) < 4.78 is 0. The van der Waals surface area contributed by atoms with Gasteiger partial charge >= 0.3 is 7.32 Å². The second-order valence-corrected chi connectivity index (χ2v) is 5.48. The van der Waals surface area contributed by atoms with Gasteiger partial charge in [-0.2, -0.15) is 0 Å². The highest BCUT2D eigenvalue weighted by atomic mass is 17.1. The lowest BCUT2D eigenvalue weighted by Crippen LogP contribution is -2.13. The number of nitrogens with two attached hydrogens (primary N) is 2. The van der Waals surface area contributed by atoms with Crippen LogP contribution in [0.5, 0.6) is 0 Å². The maximum atomic E-state index is 7.44. The lowest BCUT2D eigenvalue weighted by atomic mass is 9.95. The van der Waals surface area contributed by atoms with Crippen LogP contribution in [0, 0.1) is 27.7 Å². The SMILES string of the molecule is Cc1cc(-c2cc(C)c(N)c(C)c2)cc(C)c1N.OOB(O)O. The highest BCUT2D eigenvalue weighted by molar-refractivity contribution is 6.32. The summed E-state index contributed by atoms with van der Waals surface area (Å²) in [4.78, 5) is 2.86. The average Bonchev–Trinajstić information content (AvgIpc) is 2.49. The van der Waals surface area contributed by atoms with Gasteiger partial charge in [0.15, 0.2) is 0 Å². The van der Waals surface area contributed by atoms with Crippen LogP contribution in [-0.4, -0.2) is 22.6 Å². The van der Waals surface area contributed by atoms with Crippen LogP contribution in [0.4, 0.5) is 11.4 Å². The third-order valence-corrected chi connectivity index (χ3v) is 3.62. The molecule has 0 unspecified atom stereocenters. The van der Waals surface area contributed by atoms with Gasteiger partial charge in [0.2, 0.25) is 0 Å². The van der Waals surface area contributed by atoms with Crippen molar-refractivity contribution < 1.29 is 20.1 Å². The van der Waals surface area contributed by atoms with Crippen molar-refractivity contribution in [3.05, 3.63) is 46.5 Å². The average molecular weight is 318 g/mol. The van der Waals surface area contributed by atoms with Crippen molar-refractivity contribution in [2.45, 2.75) is 27.7 Å². The molecule has 6 nitrogen and oxygen atoms in total. The number of hydrogen-bond donors (Lipinski definition) is 5. The fourth-order valence-corrected chi connectivity index (χ4v) is 2.28. The Bertz CT molecular complexity index is 588. The number of anilines is 2. The van der Waals surface area contributed by atoms with E-state index in [2.05, 4.69) is 29.1 Å². The van der Waals surface area contributed by atoms with Crippen molar-refractivity contribution in [2.75, 3.05) is 11.5 Å². The van der Waals surface area contributed by atoms with E-state index in [0.717, 1.165) is 33.6 Å². The van der Waals surface area contributed by atoms with Gasteiger partial charge in [-0.3, -0.25) is 5.26 Å². The van der Waals surface area contributed by atoms with Crippen molar-refractivity contribution >= 4 is 18.7 Å². The molecule has 7 heteroatoms. The lowest BCUT2D eigenvalue weighted by Gasteiger charge is -2.12. The van der Waals surface area contributed by atoms with Crippen LogP contribution in [0.25, 0.3) is 11.1 Å². The molecule has 0 radical (unpaired) electrons. The van der Waals surface area contributed by atoms with Crippen molar-refractivity contribution in [3.63, 3.8) is 0 Å². The summed E-state index contributed by atoms with van der Waals surface area (Å²) in [5, 5.41) is 22.0. The molecule has 124 valence electrons. The monoisotopic (exact) mass is 318 g/mol. The summed E-state index contributed by atoms with van der Waals surface area (Å²) in [6.45, 7) is 8.18. The molecule has 0 aliphatic carbocycles. The Morgan fingerprint density at radius 1 is 0.739 bits per heavy atom. The molecule has 0 spiro atoms. The minimum atomic E-state index is -2.06. The third kappa shape index (κ3) is 4.97. The summed E-state index contributed by atoms with van der Waals surface area (Å²) in [5.74, 6) is 0. The molecule has 0 saturated heterocycles. The van der Waals surface area contributed by atoms with Gasteiger partial charge in [-0.15, -0.1) is 0 Å². The van der Waals surface area contributed by atoms with Crippen LogP contribution >= 0.6 is 0 Å². The standard InChI is InChI=1S/C16H20N2.BH3O4/c1-9-5-13(6-10(2)15(9)17)14-7-11(3)16(18)12(4)8-14;2-1(3)5-4/h5-8H,17-18H2,1-4H3;2-4H. The molecule has 0 aliphatic rings. The van der Waals surface area contributed by atoms with Gasteiger partial charge in [-0.05, 0) is 85.3 Å². The summed E-state index contributed by atoms with van der Waals surface area (Å²) >= 11 is 0. The maximum absolute atomic E-state index is 7.44. The molecule has 7 N–H and O–H groups in total. The predicted molar refractivity (Wildman–Crippen MR) is 93.6 cm³/mol. The lowest BCUT2D eigenvalue weighted by molar-refractivity contribution is -0.173. The molecular formula is C16H23BN2O4. The van der Waals surface area contributed by atoms with Gasteiger partial charge in [0.25, 0.3) is 0 Å². The van der Waals surface area contributed by atoms with Crippen LogP contribution in [0.2, 0.25) is 0 Å². The zero-order valence-electron chi connectivity index (χ0n) is 13.8. The Kier molecular flexibility index (Phi) is 6.59. The van der Waals surface area contributed by atoms with Crippen LogP contribution < -0.4 is 11.5 Å². The Balaban J connectivity index is 0.000000463. The van der Waals surface area contributed by atoms with Crippen LogP contribution in [0.1, 0.15) is 22.3 Å². The Hall–Kier alpha value is -2.06. The molecule has 0 aliphatic heterocycles. The Morgan fingerprint density at radius 3 is 1.13 bits per heavy atom. The van der Waals surface area contributed by atoms with Gasteiger partial charge in [-0.25, -0.2) is 4.81 Å². The van der Waals surface area contributed by atoms with Crippen molar-refractivity contribution in [1.29, 1.82) is 0 Å². The van der Waals surface area contributed by atoms with Gasteiger partial charge in [-0.1, -0.05) is 0 Å². The number of nitrogen functional groups attached to an aromatic ring is 2. The van der Waals surface area contributed by atoms with Gasteiger partial charge in [0.1, 0.15) is 0 Å². The predicted octanol–water partition coefficient (Wildman–Crippen LogP) is 2.20. The van der Waals surface area contributed by atoms with E-state index in [1.165, 1.54) is 11.1 Å². The highest BCUT2D eigenvalue weighted by Crippen LogP contribution is 2.30. The fraction of sp³-hybridized carbons (Fsp3) is 0.250. The fourth-order valence-electron chi connectivity index (χ4n) is 2.28. The number of hydrogen-bond acceptors (Lipinski definition) is 6. The van der Waals surface area contributed by atoms with E-state index in [4.69, 9.17) is 26.8 Å². The second kappa shape index (κ2) is 7.98. The zero-order valence-corrected chi connectivity index (χ0v) is 13.8. The first-order chi connectivity index (χ1) is 10.7. The summed E-state index contributed by atoms with van der Waals surface area (Å²) in [6.07, 6.45) is 0. The van der Waals surface area contributed by atoms with Gasteiger partial charge < -0.3 is 21.5 Å². The molecule has 0 amide bonds. The van der Waals surface area contributed by atoms with E-state index in [-0.39, 0.29) is 0 Å². The number of aryl methyl sites for hydroxylation is 4. The van der Waals surface area contributed by atoms with Crippen molar-refractivity contribution in [1.82, 2.24) is 0 Å². The Morgan fingerprint density at radius 2 is 0.957 bits per heavy atom. The molecule has 0 aromatic heterocycles. The zero-order chi connectivity index (χ0) is 17.7. The molecular weight excluding hydrogens is 295 g/mol. The first kappa shape index (κ1) is 19.0. The number of benzene rings is 2. The summed E-state index contributed by atoms with van der Waals surface area (Å²) in [5.41, 5.74) is 20.6. The van der Waals surface area contributed by atoms with E-state index < -0.39 is 7.32 Å². The molecule has 0 saturated carbocycles. The molecule has 23 heavy (non-hydrogen) atoms. The van der Waals surface area contributed by atoms with Crippen LogP contribution in [0.3, 0.4) is 0 Å². The quantitative estimate of drug-likeness (QED) is 0.250. The first-order valence-electron chi connectivity index (χ1n) is 7.07. The van der Waals surface area contributed by atoms with Gasteiger partial charge in [0, 0.05) is 11.4 Å². The van der Waals surface area contributed by atoms with Crippen molar-refractivity contribution in [3.8, 4) is 11.1 Å². The topological polar surface area (TPSA) is 122 Å². The van der Waals surface area contributed by atoms with Crippen LogP contribution in [-0.2, 0) is 4.81 Å². The molecule has 2 aromatic rings. The van der Waals surface area contributed by atoms with E-state index in [1.54, 1.807) is 0 Å². The first-order valence-corrected chi connectivity index (χ1v) is 7.07. The molecule has 0 fully saturated rings. The smallest absolute Gasteiger partial charge is 0.400 e. The molecule has 0 atom stereocenters. The maximum Gasteiger partial charge on any atom is 0.662 e. The van der Waals surface area contributed by atoms with Crippen LogP contribution in [0.15, 0.2) is 24.3 Å². The van der Waals surface area contributed by atoms with E-state index >= 15 is 0 Å². The second-order valence-electron chi connectivity index (χ2n) is 5.48.